The zero-order valence-electron chi connectivity index (χ0n) is 15.5. The van der Waals surface area contributed by atoms with Gasteiger partial charge in [-0.15, -0.1) is 0 Å². The predicted molar refractivity (Wildman–Crippen MR) is 101 cm³/mol. The number of ether oxygens (including phenoxy) is 3. The van der Waals surface area contributed by atoms with E-state index in [-0.39, 0.29) is 11.3 Å². The molecule has 2 aromatic carbocycles. The number of hydrogen-bond acceptors (Lipinski definition) is 8. The maximum atomic E-state index is 12.4. The molecule has 0 atom stereocenters. The second-order valence-electron chi connectivity index (χ2n) is 5.63. The van der Waals surface area contributed by atoms with Crippen LogP contribution in [0.5, 0.6) is 5.75 Å². The average Bonchev–Trinajstić information content (AvgIpc) is 2.72. The maximum absolute atomic E-state index is 12.4. The number of benzene rings is 2. The third-order valence-corrected chi connectivity index (χ3v) is 3.80. The molecule has 0 saturated heterocycles. The number of esters is 1. The van der Waals surface area contributed by atoms with Crippen molar-refractivity contribution in [3.63, 3.8) is 0 Å². The first-order chi connectivity index (χ1) is 13.5. The van der Waals surface area contributed by atoms with Gasteiger partial charge in [0.05, 0.1) is 24.2 Å². The van der Waals surface area contributed by atoms with Crippen molar-refractivity contribution in [2.75, 3.05) is 39.3 Å². The standard InChI is InChI=1S/C19H20N2O7/c1-26-10-9-20-17-8-5-14(21(24)25)11-16(17)19(23)28-12-18(22)13-3-6-15(27-2)7-4-13/h3-8,11,20H,9-10,12H2,1-2H3. The molecule has 0 aliphatic rings. The van der Waals surface area contributed by atoms with E-state index < -0.39 is 23.3 Å². The molecule has 1 N–H and O–H groups in total. The zero-order valence-corrected chi connectivity index (χ0v) is 15.5. The summed E-state index contributed by atoms with van der Waals surface area (Å²) in [5.74, 6) is -0.655. The van der Waals surface area contributed by atoms with E-state index in [0.29, 0.717) is 30.2 Å². The van der Waals surface area contributed by atoms with Crippen molar-refractivity contribution < 1.29 is 28.7 Å². The van der Waals surface area contributed by atoms with E-state index in [1.807, 2.05) is 0 Å². The normalized spacial score (nSPS) is 10.2. The van der Waals surface area contributed by atoms with Crippen molar-refractivity contribution in [2.24, 2.45) is 0 Å². The number of non-ortho nitro benzene ring substituents is 1. The fourth-order valence-electron chi connectivity index (χ4n) is 2.33. The second-order valence-corrected chi connectivity index (χ2v) is 5.63. The minimum atomic E-state index is -0.842. The van der Waals surface area contributed by atoms with Gasteiger partial charge in [0.15, 0.2) is 12.4 Å². The summed E-state index contributed by atoms with van der Waals surface area (Å²) in [6.07, 6.45) is 0. The van der Waals surface area contributed by atoms with E-state index in [4.69, 9.17) is 14.2 Å². The molecule has 0 fully saturated rings. The molecule has 0 amide bonds. The molecule has 9 nitrogen and oxygen atoms in total. The lowest BCUT2D eigenvalue weighted by molar-refractivity contribution is -0.384. The number of ketones is 1. The van der Waals surface area contributed by atoms with E-state index in [1.54, 1.807) is 24.3 Å². The van der Waals surface area contributed by atoms with Crippen molar-refractivity contribution in [1.82, 2.24) is 0 Å². The summed E-state index contributed by atoms with van der Waals surface area (Å²) in [6.45, 7) is 0.270. The van der Waals surface area contributed by atoms with E-state index in [0.717, 1.165) is 6.07 Å². The number of hydrogen-bond donors (Lipinski definition) is 1. The summed E-state index contributed by atoms with van der Waals surface area (Å²) < 4.78 is 15.0. The van der Waals surface area contributed by atoms with Gasteiger partial charge in [-0.3, -0.25) is 14.9 Å². The number of nitro groups is 1. The molecule has 2 aromatic rings. The van der Waals surface area contributed by atoms with Crippen LogP contribution in [0.3, 0.4) is 0 Å². The molecule has 148 valence electrons. The summed E-state index contributed by atoms with van der Waals surface area (Å²) in [7, 11) is 3.04. The van der Waals surface area contributed by atoms with Gasteiger partial charge in [0.1, 0.15) is 5.75 Å². The minimum Gasteiger partial charge on any atom is -0.497 e. The van der Waals surface area contributed by atoms with Gasteiger partial charge < -0.3 is 19.5 Å². The highest BCUT2D eigenvalue weighted by atomic mass is 16.6. The molecule has 0 heterocycles. The minimum absolute atomic E-state index is 0.0344. The number of nitrogens with zero attached hydrogens (tertiary/aromatic N) is 1. The van der Waals surface area contributed by atoms with Gasteiger partial charge >= 0.3 is 5.97 Å². The molecule has 0 bridgehead atoms. The van der Waals surface area contributed by atoms with E-state index in [2.05, 4.69) is 5.32 Å². The Bertz CT molecular complexity index is 850. The average molecular weight is 388 g/mol. The monoisotopic (exact) mass is 388 g/mol. The predicted octanol–water partition coefficient (Wildman–Crippen LogP) is 2.70. The number of nitro benzene ring substituents is 1. The number of anilines is 1. The molecule has 2 rings (SSSR count). The molecule has 0 aliphatic heterocycles. The van der Waals surface area contributed by atoms with Crippen molar-refractivity contribution in [3.8, 4) is 5.75 Å². The SMILES string of the molecule is COCCNc1ccc([N+](=O)[O-])cc1C(=O)OCC(=O)c1ccc(OC)cc1. The van der Waals surface area contributed by atoms with Crippen molar-refractivity contribution >= 4 is 23.1 Å². The quantitative estimate of drug-likeness (QED) is 0.217. The van der Waals surface area contributed by atoms with E-state index in [9.17, 15) is 19.7 Å². The molecule has 0 unspecified atom stereocenters. The molecule has 9 heteroatoms. The van der Waals surface area contributed by atoms with Gasteiger partial charge in [0.25, 0.3) is 5.69 Å². The van der Waals surface area contributed by atoms with Crippen LogP contribution in [0.4, 0.5) is 11.4 Å². The van der Waals surface area contributed by atoms with Crippen LogP contribution in [-0.4, -0.2) is 50.7 Å². The highest BCUT2D eigenvalue weighted by molar-refractivity contribution is 6.01. The Balaban J connectivity index is 2.10. The first kappa shape index (κ1) is 20.8. The number of Topliss-reactive ketones (excluding diaryl/α,β-unsaturated/α-hetero) is 1. The lowest BCUT2D eigenvalue weighted by atomic mass is 10.1. The fraction of sp³-hybridized carbons (Fsp3) is 0.263. The number of nitrogens with one attached hydrogen (secondary N) is 1. The molecule has 0 saturated carbocycles. The fourth-order valence-corrected chi connectivity index (χ4v) is 2.33. The molecule has 0 aromatic heterocycles. The van der Waals surface area contributed by atoms with Crippen LogP contribution in [0, 0.1) is 10.1 Å². The smallest absolute Gasteiger partial charge is 0.340 e. The Morgan fingerprint density at radius 1 is 1.11 bits per heavy atom. The second kappa shape index (κ2) is 10.0. The summed E-state index contributed by atoms with van der Waals surface area (Å²) in [6, 6.07) is 10.1. The highest BCUT2D eigenvalue weighted by Crippen LogP contribution is 2.23. The summed E-state index contributed by atoms with van der Waals surface area (Å²) in [5, 5.41) is 13.9. The van der Waals surface area contributed by atoms with Crippen LogP contribution in [0.1, 0.15) is 20.7 Å². The summed E-state index contributed by atoms with van der Waals surface area (Å²) in [4.78, 5) is 35.0. The van der Waals surface area contributed by atoms with E-state index >= 15 is 0 Å². The van der Waals surface area contributed by atoms with Gasteiger partial charge in [0, 0.05) is 37.0 Å². The van der Waals surface area contributed by atoms with E-state index in [1.165, 1.54) is 26.4 Å². The molecular formula is C19H20N2O7. The van der Waals surface area contributed by atoms with Crippen LogP contribution < -0.4 is 10.1 Å². The third-order valence-electron chi connectivity index (χ3n) is 3.80. The zero-order chi connectivity index (χ0) is 20.5. The third kappa shape index (κ3) is 5.52. The van der Waals surface area contributed by atoms with Crippen LogP contribution >= 0.6 is 0 Å². The molecular weight excluding hydrogens is 368 g/mol. The van der Waals surface area contributed by atoms with Crippen LogP contribution in [-0.2, 0) is 9.47 Å². The largest absolute Gasteiger partial charge is 0.497 e. The highest BCUT2D eigenvalue weighted by Gasteiger charge is 2.19. The topological polar surface area (TPSA) is 117 Å². The maximum Gasteiger partial charge on any atom is 0.340 e. The van der Waals surface area contributed by atoms with Crippen LogP contribution in [0.15, 0.2) is 42.5 Å². The summed E-state index contributed by atoms with van der Waals surface area (Å²) in [5.41, 5.74) is 0.411. The Labute approximate surface area is 161 Å². The van der Waals surface area contributed by atoms with Gasteiger partial charge in [-0.2, -0.15) is 0 Å². The van der Waals surface area contributed by atoms with Gasteiger partial charge in [-0.25, -0.2) is 4.79 Å². The lowest BCUT2D eigenvalue weighted by Crippen LogP contribution is -2.17. The Morgan fingerprint density at radius 3 is 2.43 bits per heavy atom. The number of methoxy groups -OCH3 is 2. The molecule has 0 spiro atoms. The Morgan fingerprint density at radius 2 is 1.82 bits per heavy atom. The van der Waals surface area contributed by atoms with Gasteiger partial charge in [0.2, 0.25) is 0 Å². The van der Waals surface area contributed by atoms with Crippen LogP contribution in [0.2, 0.25) is 0 Å². The molecule has 0 aliphatic carbocycles. The Hall–Kier alpha value is -3.46. The first-order valence-corrected chi connectivity index (χ1v) is 8.32. The van der Waals surface area contributed by atoms with Crippen molar-refractivity contribution in [1.29, 1.82) is 0 Å². The van der Waals surface area contributed by atoms with Crippen LogP contribution in [0.25, 0.3) is 0 Å². The molecule has 0 radical (unpaired) electrons. The Kier molecular flexibility index (Phi) is 7.46. The first-order valence-electron chi connectivity index (χ1n) is 8.32. The van der Waals surface area contributed by atoms with Crippen molar-refractivity contribution in [2.45, 2.75) is 0 Å². The lowest BCUT2D eigenvalue weighted by Gasteiger charge is -2.11. The summed E-state index contributed by atoms with van der Waals surface area (Å²) >= 11 is 0. The van der Waals surface area contributed by atoms with Crippen molar-refractivity contribution in [3.05, 3.63) is 63.7 Å². The van der Waals surface area contributed by atoms with Gasteiger partial charge in [-0.1, -0.05) is 0 Å². The number of carbonyl (C=O) groups excluding carboxylic acids is 2. The van der Waals surface area contributed by atoms with Gasteiger partial charge in [-0.05, 0) is 30.3 Å². The number of carbonyl (C=O) groups is 2. The number of rotatable bonds is 10. The molecule has 28 heavy (non-hydrogen) atoms.